The summed E-state index contributed by atoms with van der Waals surface area (Å²) < 4.78 is 2.27. The van der Waals surface area contributed by atoms with Gasteiger partial charge in [0.1, 0.15) is 22.7 Å². The Kier molecular flexibility index (Phi) is 5.52. The molecule has 2 heterocycles. The Bertz CT molecular complexity index is 1020. The molecule has 4 rings (SSSR count). The summed E-state index contributed by atoms with van der Waals surface area (Å²) >= 11 is 0. The number of hydrogen-bond donors (Lipinski definition) is 2. The molecule has 1 aliphatic rings. The van der Waals surface area contributed by atoms with Crippen molar-refractivity contribution in [2.45, 2.75) is 77.7 Å². The van der Waals surface area contributed by atoms with E-state index in [9.17, 15) is 5.26 Å². The average molecular weight is 376 g/mol. The zero-order chi connectivity index (χ0) is 19.5. The van der Waals surface area contributed by atoms with Crippen molar-refractivity contribution >= 4 is 22.5 Å². The van der Waals surface area contributed by atoms with Gasteiger partial charge < -0.3 is 5.32 Å². The number of H-pyrrole nitrogens is 1. The highest BCUT2D eigenvalue weighted by Crippen LogP contribution is 2.29. The van der Waals surface area contributed by atoms with Crippen molar-refractivity contribution in [1.29, 1.82) is 5.26 Å². The van der Waals surface area contributed by atoms with Crippen LogP contribution >= 0.6 is 0 Å². The topological polar surface area (TPSA) is 55.7 Å². The maximum atomic E-state index is 9.95. The molecule has 1 aliphatic carbocycles. The Labute approximate surface area is 167 Å². The number of pyridine rings is 1. The van der Waals surface area contributed by atoms with Gasteiger partial charge in [-0.25, -0.2) is 0 Å². The van der Waals surface area contributed by atoms with Crippen molar-refractivity contribution in [3.05, 3.63) is 41.0 Å². The highest BCUT2D eigenvalue weighted by atomic mass is 15.1. The first-order chi connectivity index (χ1) is 13.7. The van der Waals surface area contributed by atoms with E-state index >= 15 is 0 Å². The first kappa shape index (κ1) is 18.8. The summed E-state index contributed by atoms with van der Waals surface area (Å²) in [7, 11) is 0. The third-order valence-electron chi connectivity index (χ3n) is 6.28. The molecule has 4 nitrogen and oxygen atoms in total. The number of benzene rings is 1. The fraction of sp³-hybridized carbons (Fsp3) is 0.500. The molecule has 0 aliphatic heterocycles. The molecule has 2 N–H and O–H groups in total. The Balaban J connectivity index is 1.94. The number of anilines is 1. The van der Waals surface area contributed by atoms with Gasteiger partial charge >= 0.3 is 0 Å². The molecule has 3 aromatic rings. The number of nitrogens with one attached hydrogen (secondary N) is 2. The number of imidazole rings is 1. The number of rotatable bonds is 6. The minimum absolute atomic E-state index is 0.523. The van der Waals surface area contributed by atoms with Gasteiger partial charge in [-0.3, -0.25) is 4.98 Å². The van der Waals surface area contributed by atoms with Crippen LogP contribution in [0.5, 0.6) is 0 Å². The van der Waals surface area contributed by atoms with Crippen molar-refractivity contribution in [1.82, 2.24) is 4.98 Å². The molecule has 0 atom stereocenters. The van der Waals surface area contributed by atoms with Crippen LogP contribution in [0.3, 0.4) is 0 Å². The minimum Gasteiger partial charge on any atom is -0.302 e. The van der Waals surface area contributed by atoms with E-state index in [4.69, 9.17) is 0 Å². The maximum Gasteiger partial charge on any atom is 0.250 e. The number of unbranched alkanes of at least 4 members (excludes halogenated alkanes) is 2. The molecule has 0 radical (unpaired) electrons. The molecule has 1 saturated carbocycles. The van der Waals surface area contributed by atoms with Gasteiger partial charge in [0, 0.05) is 5.56 Å². The van der Waals surface area contributed by atoms with Crippen LogP contribution in [0.15, 0.2) is 24.3 Å². The molecule has 4 heteroatoms. The summed E-state index contributed by atoms with van der Waals surface area (Å²) in [5.41, 5.74) is 6.36. The predicted molar refractivity (Wildman–Crippen MR) is 115 cm³/mol. The molecule has 0 bridgehead atoms. The lowest BCUT2D eigenvalue weighted by atomic mass is 9.94. The normalized spacial score (nSPS) is 15.2. The van der Waals surface area contributed by atoms with Crippen LogP contribution in [0.1, 0.15) is 75.0 Å². The minimum atomic E-state index is 0.523. The van der Waals surface area contributed by atoms with Crippen molar-refractivity contribution in [3.63, 3.8) is 0 Å². The number of aromatic nitrogens is 2. The first-order valence-corrected chi connectivity index (χ1v) is 10.9. The maximum absolute atomic E-state index is 9.95. The molecule has 1 fully saturated rings. The molecule has 0 spiro atoms. The van der Waals surface area contributed by atoms with E-state index < -0.39 is 0 Å². The van der Waals surface area contributed by atoms with E-state index in [0.29, 0.717) is 6.04 Å². The smallest absolute Gasteiger partial charge is 0.250 e. The standard InChI is InChI=1S/C24H30N4/c1-3-4-6-13-19-17(2)20(16-25)24-27-21-14-9-10-15-22(21)28(24)23(19)26-18-11-7-5-8-12-18/h9-10,14-15,18H,3-8,11-13H2,1-2H3,(H,26,27)/p+1. The van der Waals surface area contributed by atoms with Crippen molar-refractivity contribution in [2.24, 2.45) is 0 Å². The van der Waals surface area contributed by atoms with Gasteiger partial charge in [-0.2, -0.15) is 9.66 Å². The number of nitriles is 1. The van der Waals surface area contributed by atoms with Gasteiger partial charge in [-0.15, -0.1) is 0 Å². The monoisotopic (exact) mass is 375 g/mol. The van der Waals surface area contributed by atoms with Crippen LogP contribution < -0.4 is 9.72 Å². The Morgan fingerprint density at radius 3 is 2.71 bits per heavy atom. The van der Waals surface area contributed by atoms with Crippen LogP contribution in [-0.4, -0.2) is 11.0 Å². The van der Waals surface area contributed by atoms with Gasteiger partial charge in [0.2, 0.25) is 11.5 Å². The van der Waals surface area contributed by atoms with Crippen molar-refractivity contribution < 1.29 is 4.40 Å². The number of para-hydroxylation sites is 2. The third-order valence-corrected chi connectivity index (χ3v) is 6.28. The molecule has 146 valence electrons. The number of fused-ring (bicyclic) bond motifs is 3. The number of hydrogen-bond acceptors (Lipinski definition) is 2. The molecular weight excluding hydrogens is 344 g/mol. The lowest BCUT2D eigenvalue weighted by Crippen LogP contribution is -2.34. The van der Waals surface area contributed by atoms with Crippen molar-refractivity contribution in [2.75, 3.05) is 5.32 Å². The Hall–Kier alpha value is -2.54. The number of nitrogens with zero attached hydrogens (tertiary/aromatic N) is 2. The highest BCUT2D eigenvalue weighted by molar-refractivity contribution is 5.78. The summed E-state index contributed by atoms with van der Waals surface area (Å²) in [6.07, 6.45) is 11.0. The van der Waals surface area contributed by atoms with E-state index in [-0.39, 0.29) is 0 Å². The second kappa shape index (κ2) is 8.22. The average Bonchev–Trinajstić information content (AvgIpc) is 3.10. The lowest BCUT2D eigenvalue weighted by molar-refractivity contribution is -0.465. The fourth-order valence-corrected chi connectivity index (χ4v) is 4.71. The van der Waals surface area contributed by atoms with E-state index in [1.165, 1.54) is 56.3 Å². The predicted octanol–water partition coefficient (Wildman–Crippen LogP) is 5.56. The zero-order valence-corrected chi connectivity index (χ0v) is 17.1. The molecular formula is C24H31N4+. The summed E-state index contributed by atoms with van der Waals surface area (Å²) in [5.74, 6) is 1.20. The van der Waals surface area contributed by atoms with Crippen LogP contribution in [0.25, 0.3) is 16.7 Å². The molecule has 0 unspecified atom stereocenters. The summed E-state index contributed by atoms with van der Waals surface area (Å²) in [6.45, 7) is 4.36. The summed E-state index contributed by atoms with van der Waals surface area (Å²) in [4.78, 5) is 3.51. The lowest BCUT2D eigenvalue weighted by Gasteiger charge is -2.23. The number of aromatic amines is 1. The Morgan fingerprint density at radius 1 is 1.18 bits per heavy atom. The SMILES string of the molecule is CCCCCc1c(C)c(C#N)c2[nH]c3ccccc3[n+]2c1NC1CCCCC1. The third kappa shape index (κ3) is 3.35. The first-order valence-electron chi connectivity index (χ1n) is 10.9. The quantitative estimate of drug-likeness (QED) is 0.437. The van der Waals surface area contributed by atoms with E-state index in [2.05, 4.69) is 52.8 Å². The van der Waals surface area contributed by atoms with Crippen LogP contribution in [-0.2, 0) is 6.42 Å². The second-order valence-corrected chi connectivity index (χ2v) is 8.20. The largest absolute Gasteiger partial charge is 0.302 e. The zero-order valence-electron chi connectivity index (χ0n) is 17.1. The summed E-state index contributed by atoms with van der Waals surface area (Å²) in [6, 6.07) is 11.4. The van der Waals surface area contributed by atoms with Crippen LogP contribution in [0.2, 0.25) is 0 Å². The van der Waals surface area contributed by atoms with Gasteiger partial charge in [-0.1, -0.05) is 51.2 Å². The fourth-order valence-electron chi connectivity index (χ4n) is 4.71. The van der Waals surface area contributed by atoms with Crippen LogP contribution in [0, 0.1) is 18.3 Å². The Morgan fingerprint density at radius 2 is 1.96 bits per heavy atom. The van der Waals surface area contributed by atoms with Gasteiger partial charge in [0.25, 0.3) is 0 Å². The molecule has 2 aromatic heterocycles. The van der Waals surface area contributed by atoms with E-state index in [1.54, 1.807) is 0 Å². The summed E-state index contributed by atoms with van der Waals surface area (Å²) in [5, 5.41) is 13.9. The molecule has 0 amide bonds. The second-order valence-electron chi connectivity index (χ2n) is 8.20. The highest BCUT2D eigenvalue weighted by Gasteiger charge is 2.27. The van der Waals surface area contributed by atoms with E-state index in [0.717, 1.165) is 40.6 Å². The van der Waals surface area contributed by atoms with Crippen molar-refractivity contribution in [3.8, 4) is 6.07 Å². The van der Waals surface area contributed by atoms with E-state index in [1.807, 2.05) is 6.07 Å². The molecule has 0 saturated heterocycles. The van der Waals surface area contributed by atoms with Crippen LogP contribution in [0.4, 0.5) is 5.82 Å². The molecule has 28 heavy (non-hydrogen) atoms. The van der Waals surface area contributed by atoms with Gasteiger partial charge in [0.15, 0.2) is 0 Å². The van der Waals surface area contributed by atoms with Gasteiger partial charge in [0.05, 0.1) is 6.04 Å². The van der Waals surface area contributed by atoms with Gasteiger partial charge in [-0.05, 0) is 50.3 Å². The molecule has 1 aromatic carbocycles.